The van der Waals surface area contributed by atoms with E-state index < -0.39 is 11.9 Å². The molecule has 0 saturated heterocycles. The van der Waals surface area contributed by atoms with Gasteiger partial charge in [-0.15, -0.1) is 0 Å². The number of para-hydroxylation sites is 1. The molecule has 3 rings (SSSR count). The van der Waals surface area contributed by atoms with E-state index in [1.807, 2.05) is 55.8 Å². The smallest absolute Gasteiger partial charge is 0.277 e. The molecular weight excluding hydrogens is 346 g/mol. The minimum Gasteiger partial charge on any atom is -0.340 e. The molecule has 8 nitrogen and oxygen atoms in total. The third kappa shape index (κ3) is 3.65. The van der Waals surface area contributed by atoms with Crippen LogP contribution in [0.2, 0.25) is 0 Å². The van der Waals surface area contributed by atoms with E-state index in [-0.39, 0.29) is 17.4 Å². The highest BCUT2D eigenvalue weighted by molar-refractivity contribution is 5.98. The molecular formula is C19H21N5O3. The van der Waals surface area contributed by atoms with Crippen molar-refractivity contribution in [1.29, 1.82) is 0 Å². The lowest BCUT2D eigenvalue weighted by atomic mass is 10.0. The summed E-state index contributed by atoms with van der Waals surface area (Å²) in [4.78, 5) is 32.6. The van der Waals surface area contributed by atoms with Gasteiger partial charge < -0.3 is 9.88 Å². The number of fused-ring (bicyclic) bond motifs is 1. The predicted molar refractivity (Wildman–Crippen MR) is 99.2 cm³/mol. The summed E-state index contributed by atoms with van der Waals surface area (Å²) < 4.78 is 1.84. The quantitative estimate of drug-likeness (QED) is 0.473. The molecule has 0 fully saturated rings. The highest BCUT2D eigenvalue weighted by atomic mass is 16.5. The van der Waals surface area contributed by atoms with E-state index in [1.165, 1.54) is 17.9 Å². The van der Waals surface area contributed by atoms with Crippen molar-refractivity contribution in [2.24, 2.45) is 13.0 Å². The van der Waals surface area contributed by atoms with Gasteiger partial charge >= 0.3 is 0 Å². The third-order valence-electron chi connectivity index (χ3n) is 4.45. The molecule has 0 radical (unpaired) electrons. The van der Waals surface area contributed by atoms with Gasteiger partial charge in [0.1, 0.15) is 5.69 Å². The van der Waals surface area contributed by atoms with E-state index in [2.05, 4.69) is 15.3 Å². The fourth-order valence-corrected chi connectivity index (χ4v) is 2.93. The van der Waals surface area contributed by atoms with Gasteiger partial charge in [-0.25, -0.2) is 15.4 Å². The Bertz CT molecular complexity index is 979. The fraction of sp³-hybridized carbons (Fsp3) is 0.263. The van der Waals surface area contributed by atoms with Crippen LogP contribution in [0.4, 0.5) is 0 Å². The van der Waals surface area contributed by atoms with Crippen LogP contribution in [0.1, 0.15) is 46.6 Å². The molecule has 0 spiro atoms. The van der Waals surface area contributed by atoms with Gasteiger partial charge in [0.05, 0.1) is 11.6 Å². The molecule has 0 bridgehead atoms. The third-order valence-corrected chi connectivity index (χ3v) is 4.45. The van der Waals surface area contributed by atoms with E-state index in [4.69, 9.17) is 5.21 Å². The minimum absolute atomic E-state index is 0.0288. The first-order valence-corrected chi connectivity index (χ1v) is 8.54. The van der Waals surface area contributed by atoms with Gasteiger partial charge in [-0.3, -0.25) is 14.8 Å². The molecule has 1 aromatic carbocycles. The standard InChI is InChI=1S/C19H21N5O3/c1-11(2)16(17-20-9-13(10-21-17)18(25)23-27)22-19(26)15-8-12-6-4-5-7-14(12)24(15)3/h4-11,16,27H,1-3H3,(H,22,26)(H,23,25)/t16-/m0/s1. The molecule has 0 unspecified atom stereocenters. The molecule has 140 valence electrons. The number of amides is 2. The van der Waals surface area contributed by atoms with Crippen LogP contribution in [0.25, 0.3) is 10.9 Å². The number of benzene rings is 1. The Morgan fingerprint density at radius 2 is 1.78 bits per heavy atom. The number of rotatable bonds is 5. The van der Waals surface area contributed by atoms with Gasteiger partial charge in [-0.05, 0) is 18.1 Å². The van der Waals surface area contributed by atoms with Crippen molar-refractivity contribution in [1.82, 2.24) is 25.3 Å². The van der Waals surface area contributed by atoms with Crippen LogP contribution in [0.3, 0.4) is 0 Å². The molecule has 3 aromatic rings. The fourth-order valence-electron chi connectivity index (χ4n) is 2.93. The Morgan fingerprint density at radius 1 is 1.11 bits per heavy atom. The first-order valence-electron chi connectivity index (χ1n) is 8.54. The highest BCUT2D eigenvalue weighted by Crippen LogP contribution is 2.22. The average molecular weight is 367 g/mol. The van der Waals surface area contributed by atoms with E-state index in [9.17, 15) is 9.59 Å². The number of aryl methyl sites for hydroxylation is 1. The molecule has 8 heteroatoms. The number of nitrogens with one attached hydrogen (secondary N) is 2. The second-order valence-electron chi connectivity index (χ2n) is 6.61. The van der Waals surface area contributed by atoms with Gasteiger partial charge in [-0.1, -0.05) is 32.0 Å². The second-order valence-corrected chi connectivity index (χ2v) is 6.61. The molecule has 0 aliphatic rings. The summed E-state index contributed by atoms with van der Waals surface area (Å²) in [5.41, 5.74) is 3.17. The van der Waals surface area contributed by atoms with Gasteiger partial charge in [0, 0.05) is 30.3 Å². The first-order chi connectivity index (χ1) is 12.9. The summed E-state index contributed by atoms with van der Waals surface area (Å²) in [7, 11) is 1.85. The van der Waals surface area contributed by atoms with Crippen LogP contribution in [0, 0.1) is 5.92 Å². The Balaban J connectivity index is 1.86. The van der Waals surface area contributed by atoms with Crippen molar-refractivity contribution in [3.05, 3.63) is 59.8 Å². The minimum atomic E-state index is -0.692. The predicted octanol–water partition coefficient (Wildman–Crippen LogP) is 2.21. The maximum absolute atomic E-state index is 12.9. The number of carbonyl (C=O) groups excluding carboxylic acids is 2. The summed E-state index contributed by atoms with van der Waals surface area (Å²) in [5.74, 6) is -0.497. The number of aromatic nitrogens is 3. The van der Waals surface area contributed by atoms with Gasteiger partial charge in [0.2, 0.25) is 0 Å². The van der Waals surface area contributed by atoms with Crippen molar-refractivity contribution < 1.29 is 14.8 Å². The van der Waals surface area contributed by atoms with E-state index in [0.29, 0.717) is 11.5 Å². The first kappa shape index (κ1) is 18.5. The normalized spacial score (nSPS) is 12.2. The van der Waals surface area contributed by atoms with Gasteiger partial charge in [-0.2, -0.15) is 0 Å². The number of carbonyl (C=O) groups is 2. The zero-order valence-corrected chi connectivity index (χ0v) is 15.3. The Kier molecular flexibility index (Phi) is 5.18. The van der Waals surface area contributed by atoms with Gasteiger partial charge in [0.15, 0.2) is 5.82 Å². The molecule has 0 aliphatic heterocycles. The summed E-state index contributed by atoms with van der Waals surface area (Å²) in [6.07, 6.45) is 2.62. The van der Waals surface area contributed by atoms with Crippen LogP contribution in [0.15, 0.2) is 42.7 Å². The molecule has 0 aliphatic carbocycles. The molecule has 2 aromatic heterocycles. The Labute approximate surface area is 156 Å². The van der Waals surface area contributed by atoms with Crippen molar-refractivity contribution in [2.45, 2.75) is 19.9 Å². The maximum atomic E-state index is 12.9. The van der Waals surface area contributed by atoms with E-state index >= 15 is 0 Å². The molecule has 2 amide bonds. The SMILES string of the molecule is CC(C)[C@H](NC(=O)c1cc2ccccc2n1C)c1ncc(C(=O)NO)cn1. The zero-order valence-electron chi connectivity index (χ0n) is 15.3. The summed E-state index contributed by atoms with van der Waals surface area (Å²) in [5, 5.41) is 12.6. The van der Waals surface area contributed by atoms with Crippen LogP contribution in [-0.2, 0) is 7.05 Å². The molecule has 3 N–H and O–H groups in total. The second kappa shape index (κ2) is 7.55. The average Bonchev–Trinajstić information content (AvgIpc) is 3.02. The molecule has 1 atom stereocenters. The summed E-state index contributed by atoms with van der Waals surface area (Å²) in [6.45, 7) is 3.90. The lowest BCUT2D eigenvalue weighted by Crippen LogP contribution is -2.34. The van der Waals surface area contributed by atoms with Crippen molar-refractivity contribution >= 4 is 22.7 Å². The largest absolute Gasteiger partial charge is 0.340 e. The van der Waals surface area contributed by atoms with Crippen LogP contribution in [0.5, 0.6) is 0 Å². The molecule has 27 heavy (non-hydrogen) atoms. The lowest BCUT2D eigenvalue weighted by Gasteiger charge is -2.21. The number of hydroxylamine groups is 1. The maximum Gasteiger partial charge on any atom is 0.277 e. The van der Waals surface area contributed by atoms with Crippen molar-refractivity contribution in [2.75, 3.05) is 0 Å². The summed E-state index contributed by atoms with van der Waals surface area (Å²) >= 11 is 0. The van der Waals surface area contributed by atoms with E-state index in [0.717, 1.165) is 10.9 Å². The topological polar surface area (TPSA) is 109 Å². The van der Waals surface area contributed by atoms with Crippen LogP contribution >= 0.6 is 0 Å². The van der Waals surface area contributed by atoms with Crippen LogP contribution in [-0.4, -0.2) is 31.6 Å². The van der Waals surface area contributed by atoms with E-state index in [1.54, 1.807) is 0 Å². The Morgan fingerprint density at radius 3 is 2.37 bits per heavy atom. The zero-order chi connectivity index (χ0) is 19.6. The number of hydrogen-bond acceptors (Lipinski definition) is 5. The number of hydrogen-bond donors (Lipinski definition) is 3. The van der Waals surface area contributed by atoms with Crippen LogP contribution < -0.4 is 10.8 Å². The summed E-state index contributed by atoms with van der Waals surface area (Å²) in [6, 6.07) is 9.19. The Hall–Kier alpha value is -3.26. The van der Waals surface area contributed by atoms with Gasteiger partial charge in [0.25, 0.3) is 11.8 Å². The highest BCUT2D eigenvalue weighted by Gasteiger charge is 2.24. The lowest BCUT2D eigenvalue weighted by molar-refractivity contribution is 0.0705. The number of nitrogens with zero attached hydrogens (tertiary/aromatic N) is 3. The monoisotopic (exact) mass is 367 g/mol. The molecule has 0 saturated carbocycles. The molecule has 2 heterocycles. The van der Waals surface area contributed by atoms with Crippen molar-refractivity contribution in [3.8, 4) is 0 Å². The van der Waals surface area contributed by atoms with Crippen molar-refractivity contribution in [3.63, 3.8) is 0 Å².